The molecule has 0 bridgehead atoms. The molecule has 100 valence electrons. The monoisotopic (exact) mass is 240 g/mol. The number of hydrogen-bond acceptors (Lipinski definition) is 5. The largest absolute Gasteiger partial charge is 0.465 e. The molecule has 0 saturated carbocycles. The van der Waals surface area contributed by atoms with Crippen LogP contribution in [-0.2, 0) is 23.9 Å². The second-order valence-electron chi connectivity index (χ2n) is 2.35. The van der Waals surface area contributed by atoms with Gasteiger partial charge >= 0.3 is 0 Å². The molecule has 6 heteroatoms. The maximum Gasteiger partial charge on any atom is 0.293 e. The Morgan fingerprint density at radius 2 is 1.25 bits per heavy atom. The van der Waals surface area contributed by atoms with Gasteiger partial charge in [-0.1, -0.05) is 14.9 Å². The summed E-state index contributed by atoms with van der Waals surface area (Å²) in [4.78, 5) is 28.4. The minimum absolute atomic E-state index is 0. The molecule has 16 heavy (non-hydrogen) atoms. The van der Waals surface area contributed by atoms with Gasteiger partial charge in [-0.25, -0.2) is 0 Å². The van der Waals surface area contributed by atoms with Crippen LogP contribution in [0.2, 0.25) is 0 Å². The minimum atomic E-state index is -0.600. The first-order chi connectivity index (χ1) is 6.08. The van der Waals surface area contributed by atoms with Crippen molar-refractivity contribution in [3.63, 3.8) is 0 Å². The van der Waals surface area contributed by atoms with Crippen molar-refractivity contribution in [1.29, 1.82) is 0 Å². The maximum absolute atomic E-state index is 9.61. The summed E-state index contributed by atoms with van der Waals surface area (Å²) in [5, 5.41) is 0. The van der Waals surface area contributed by atoms with Crippen LogP contribution in [0.4, 0.5) is 0 Å². The standard InChI is InChI=1S/C4H6O3.C4H8O2.2CH4.H2O/c1-4(2-5)7-3-6;1-4(2)6-3-5;;;/h2-4H,1H3;3-4H,1-2H3;2*1H4;1H2. The van der Waals surface area contributed by atoms with Gasteiger partial charge in [-0.15, -0.1) is 0 Å². The number of ether oxygens (including phenoxy) is 2. The summed E-state index contributed by atoms with van der Waals surface area (Å²) in [6.07, 6.45) is -0.0194. The molecule has 0 fully saturated rings. The van der Waals surface area contributed by atoms with Crippen LogP contribution in [0.15, 0.2) is 0 Å². The number of aldehydes is 1. The predicted molar refractivity (Wildman–Crippen MR) is 62.0 cm³/mol. The highest BCUT2D eigenvalue weighted by Crippen LogP contribution is 1.79. The summed E-state index contributed by atoms with van der Waals surface area (Å²) in [5.74, 6) is 0. The quantitative estimate of drug-likeness (QED) is 0.660. The van der Waals surface area contributed by atoms with Crippen LogP contribution in [0.3, 0.4) is 0 Å². The zero-order valence-corrected chi connectivity index (χ0v) is 8.43. The van der Waals surface area contributed by atoms with Crippen molar-refractivity contribution in [3.8, 4) is 0 Å². The highest BCUT2D eigenvalue weighted by molar-refractivity contribution is 5.58. The van der Waals surface area contributed by atoms with Gasteiger partial charge in [-0.05, 0) is 20.8 Å². The minimum Gasteiger partial charge on any atom is -0.465 e. The molecule has 0 aromatic heterocycles. The average molecular weight is 240 g/mol. The van der Waals surface area contributed by atoms with Crippen LogP contribution >= 0.6 is 0 Å². The Labute approximate surface area is 97.2 Å². The van der Waals surface area contributed by atoms with Crippen LogP contribution in [-0.4, -0.2) is 36.9 Å². The smallest absolute Gasteiger partial charge is 0.293 e. The molecular formula is C10H24O6. The Hall–Kier alpha value is -1.43. The van der Waals surface area contributed by atoms with Crippen LogP contribution in [0, 0.1) is 0 Å². The summed E-state index contributed by atoms with van der Waals surface area (Å²) in [5.41, 5.74) is 0. The topological polar surface area (TPSA) is 101 Å². The van der Waals surface area contributed by atoms with E-state index >= 15 is 0 Å². The number of carbonyl (C=O) groups excluding carboxylic acids is 3. The molecule has 2 N–H and O–H groups in total. The number of hydrogen-bond donors (Lipinski definition) is 0. The van der Waals surface area contributed by atoms with Gasteiger partial charge in [0.2, 0.25) is 0 Å². The highest BCUT2D eigenvalue weighted by atomic mass is 16.5. The van der Waals surface area contributed by atoms with E-state index in [9.17, 15) is 14.4 Å². The Kier molecular flexibility index (Phi) is 42.9. The molecule has 0 amide bonds. The SMILES string of the molecule is C.C.CC(C)OC=O.CC(C=O)OC=O.O. The third-order valence-electron chi connectivity index (χ3n) is 0.790. The third kappa shape index (κ3) is 39.0. The van der Waals surface area contributed by atoms with Gasteiger partial charge in [0.15, 0.2) is 12.4 Å². The summed E-state index contributed by atoms with van der Waals surface area (Å²) < 4.78 is 8.50. The summed E-state index contributed by atoms with van der Waals surface area (Å²) in [6, 6.07) is 0. The van der Waals surface area contributed by atoms with Gasteiger partial charge in [0.1, 0.15) is 0 Å². The highest BCUT2D eigenvalue weighted by Gasteiger charge is 1.92. The predicted octanol–water partition coefficient (Wildman–Crippen LogP) is 0.762. The number of carbonyl (C=O) groups is 3. The molecule has 0 radical (unpaired) electrons. The van der Waals surface area contributed by atoms with E-state index in [2.05, 4.69) is 9.47 Å². The summed E-state index contributed by atoms with van der Waals surface area (Å²) in [7, 11) is 0. The van der Waals surface area contributed by atoms with E-state index in [1.807, 2.05) is 0 Å². The average Bonchev–Trinajstić information content (AvgIpc) is 2.05. The second-order valence-corrected chi connectivity index (χ2v) is 2.35. The summed E-state index contributed by atoms with van der Waals surface area (Å²) >= 11 is 0. The van der Waals surface area contributed by atoms with Crippen molar-refractivity contribution < 1.29 is 29.3 Å². The van der Waals surface area contributed by atoms with Gasteiger partial charge in [0.05, 0.1) is 6.10 Å². The first kappa shape index (κ1) is 29.3. The lowest BCUT2D eigenvalue weighted by Gasteiger charge is -1.96. The van der Waals surface area contributed by atoms with Crippen molar-refractivity contribution in [1.82, 2.24) is 0 Å². The Morgan fingerprint density at radius 3 is 1.31 bits per heavy atom. The van der Waals surface area contributed by atoms with Gasteiger partial charge < -0.3 is 14.9 Å². The van der Waals surface area contributed by atoms with E-state index in [1.165, 1.54) is 6.92 Å². The van der Waals surface area contributed by atoms with Crippen molar-refractivity contribution in [2.45, 2.75) is 47.8 Å². The Morgan fingerprint density at radius 1 is 0.875 bits per heavy atom. The van der Waals surface area contributed by atoms with E-state index < -0.39 is 6.10 Å². The van der Waals surface area contributed by atoms with E-state index in [0.29, 0.717) is 12.8 Å². The second kappa shape index (κ2) is 23.4. The molecule has 1 unspecified atom stereocenters. The van der Waals surface area contributed by atoms with Gasteiger partial charge in [0.25, 0.3) is 12.9 Å². The molecule has 0 aromatic carbocycles. The molecule has 1 atom stereocenters. The van der Waals surface area contributed by atoms with Crippen LogP contribution < -0.4 is 0 Å². The zero-order valence-electron chi connectivity index (χ0n) is 8.43. The van der Waals surface area contributed by atoms with Crippen molar-refractivity contribution >= 4 is 19.2 Å². The normalized spacial score (nSPS) is 8.50. The van der Waals surface area contributed by atoms with E-state index in [1.54, 1.807) is 13.8 Å². The lowest BCUT2D eigenvalue weighted by atomic mass is 10.5. The fourth-order valence-corrected chi connectivity index (χ4v) is 0.231. The van der Waals surface area contributed by atoms with Gasteiger partial charge in [0, 0.05) is 0 Å². The first-order valence-corrected chi connectivity index (χ1v) is 3.72. The number of rotatable bonds is 5. The lowest BCUT2D eigenvalue weighted by molar-refractivity contribution is -0.137. The third-order valence-corrected chi connectivity index (χ3v) is 0.790. The van der Waals surface area contributed by atoms with Crippen LogP contribution in [0.1, 0.15) is 35.6 Å². The zero-order chi connectivity index (χ0) is 10.7. The molecule has 0 heterocycles. The Balaban J connectivity index is -0.0000000428. The molecular weight excluding hydrogens is 216 g/mol. The van der Waals surface area contributed by atoms with E-state index in [-0.39, 0.29) is 32.9 Å². The molecule has 0 spiro atoms. The molecule has 0 aliphatic rings. The summed E-state index contributed by atoms with van der Waals surface area (Å²) in [6.45, 7) is 5.79. The van der Waals surface area contributed by atoms with E-state index in [0.717, 1.165) is 0 Å². The Bertz CT molecular complexity index is 146. The van der Waals surface area contributed by atoms with Crippen LogP contribution in [0.5, 0.6) is 0 Å². The van der Waals surface area contributed by atoms with Gasteiger partial charge in [-0.3, -0.25) is 14.4 Å². The van der Waals surface area contributed by atoms with Gasteiger partial charge in [-0.2, -0.15) is 0 Å². The molecule has 0 aliphatic carbocycles. The molecule has 6 nitrogen and oxygen atoms in total. The fourth-order valence-electron chi connectivity index (χ4n) is 0.231. The van der Waals surface area contributed by atoms with Crippen LogP contribution in [0.25, 0.3) is 0 Å². The first-order valence-electron chi connectivity index (χ1n) is 3.72. The van der Waals surface area contributed by atoms with Crippen molar-refractivity contribution in [2.24, 2.45) is 0 Å². The maximum atomic E-state index is 9.61. The molecule has 0 aliphatic heterocycles. The molecule has 0 rings (SSSR count). The molecule has 0 saturated heterocycles. The van der Waals surface area contributed by atoms with E-state index in [4.69, 9.17) is 0 Å². The lowest BCUT2D eigenvalue weighted by Crippen LogP contribution is -2.06. The van der Waals surface area contributed by atoms with Crippen molar-refractivity contribution in [3.05, 3.63) is 0 Å². The van der Waals surface area contributed by atoms with Crippen molar-refractivity contribution in [2.75, 3.05) is 0 Å². The fraction of sp³-hybridized carbons (Fsp3) is 0.700. The molecule has 0 aromatic rings.